The predicted octanol–water partition coefficient (Wildman–Crippen LogP) is 2.29. The molecule has 8 nitrogen and oxygen atoms in total. The maximum atomic E-state index is 11.2. The highest BCUT2D eigenvalue weighted by Crippen LogP contribution is 2.44. The lowest BCUT2D eigenvalue weighted by molar-refractivity contribution is -0.132. The first kappa shape index (κ1) is 16.5. The third-order valence-corrected chi connectivity index (χ3v) is 4.03. The van der Waals surface area contributed by atoms with Crippen LogP contribution in [-0.2, 0) is 4.79 Å². The van der Waals surface area contributed by atoms with Crippen LogP contribution < -0.4 is 14.2 Å². The number of aromatic amines is 1. The molecule has 0 saturated heterocycles. The molecule has 0 aliphatic carbocycles. The molecule has 3 rings (SSSR count). The Kier molecular flexibility index (Phi) is 4.15. The second-order valence-corrected chi connectivity index (χ2v) is 5.62. The number of ether oxygens (including phenoxy) is 3. The van der Waals surface area contributed by atoms with Gasteiger partial charge in [-0.2, -0.15) is 5.26 Å². The Labute approximate surface area is 143 Å². The molecule has 2 atom stereocenters. The molecule has 2 unspecified atom stereocenters. The van der Waals surface area contributed by atoms with Crippen LogP contribution in [0, 0.1) is 29.6 Å². The molecule has 0 bridgehead atoms. The number of nitrogens with zero attached hydrogens (tertiary/aromatic N) is 2. The van der Waals surface area contributed by atoms with E-state index in [1.165, 1.54) is 14.0 Å². The molecule has 0 saturated carbocycles. The molecule has 1 aliphatic heterocycles. The Bertz CT molecular complexity index is 897. The molecule has 0 spiro atoms. The van der Waals surface area contributed by atoms with Gasteiger partial charge in [0.25, 0.3) is 0 Å². The van der Waals surface area contributed by atoms with E-state index in [1.807, 2.05) is 6.92 Å². The van der Waals surface area contributed by atoms with Crippen LogP contribution in [0.3, 0.4) is 0 Å². The summed E-state index contributed by atoms with van der Waals surface area (Å²) in [6.07, 6.45) is 0. The van der Waals surface area contributed by atoms with Crippen LogP contribution in [0.2, 0.25) is 0 Å². The Hall–Kier alpha value is -3.34. The first-order valence-corrected chi connectivity index (χ1v) is 7.53. The van der Waals surface area contributed by atoms with Crippen LogP contribution in [0.15, 0.2) is 18.2 Å². The van der Waals surface area contributed by atoms with Crippen molar-refractivity contribution in [1.29, 1.82) is 10.7 Å². The van der Waals surface area contributed by atoms with Crippen LogP contribution in [0.1, 0.15) is 29.7 Å². The summed E-state index contributed by atoms with van der Waals surface area (Å²) in [6.45, 7) is 3.13. The van der Waals surface area contributed by atoms with E-state index in [1.54, 1.807) is 18.2 Å². The quantitative estimate of drug-likeness (QED) is 0.653. The fourth-order valence-corrected chi connectivity index (χ4v) is 2.95. The highest BCUT2D eigenvalue weighted by atomic mass is 16.6. The molecule has 0 radical (unpaired) electrons. The number of nitriles is 1. The lowest BCUT2D eigenvalue weighted by Crippen LogP contribution is -2.31. The second-order valence-electron chi connectivity index (χ2n) is 5.62. The summed E-state index contributed by atoms with van der Waals surface area (Å²) >= 11 is 0. The van der Waals surface area contributed by atoms with Gasteiger partial charge in [0.2, 0.25) is 11.8 Å². The third-order valence-electron chi connectivity index (χ3n) is 4.03. The summed E-state index contributed by atoms with van der Waals surface area (Å²) < 4.78 is 15.8. The Morgan fingerprint density at radius 2 is 2.20 bits per heavy atom. The molecular formula is C17H16N4O4. The standard InChI is InChI=1S/C17H16N4O4/c1-8-14-15(11(7-18)16(19)25-17(14)21-20-8)10-4-5-12(24-9(2)22)13(6-10)23-3/h4-6,11,15,19H,1-3H3,(H,20,21). The number of aryl methyl sites for hydroxylation is 1. The summed E-state index contributed by atoms with van der Waals surface area (Å²) in [6, 6.07) is 7.17. The number of nitrogens with one attached hydrogen (secondary N) is 2. The fraction of sp³-hybridized carbons (Fsp3) is 0.294. The number of aromatic nitrogens is 2. The molecule has 1 aromatic heterocycles. The number of methoxy groups -OCH3 is 1. The van der Waals surface area contributed by atoms with Gasteiger partial charge < -0.3 is 14.2 Å². The molecule has 0 amide bonds. The van der Waals surface area contributed by atoms with Gasteiger partial charge in [-0.1, -0.05) is 6.07 Å². The van der Waals surface area contributed by atoms with Gasteiger partial charge in [-0.3, -0.25) is 15.3 Å². The lowest BCUT2D eigenvalue weighted by Gasteiger charge is -2.28. The molecule has 1 aliphatic rings. The van der Waals surface area contributed by atoms with Gasteiger partial charge >= 0.3 is 5.97 Å². The van der Waals surface area contributed by atoms with E-state index < -0.39 is 17.8 Å². The molecule has 2 N–H and O–H groups in total. The van der Waals surface area contributed by atoms with Crippen LogP contribution >= 0.6 is 0 Å². The average molecular weight is 340 g/mol. The summed E-state index contributed by atoms with van der Waals surface area (Å²) in [7, 11) is 1.47. The molecule has 2 heterocycles. The number of rotatable bonds is 3. The molecule has 8 heteroatoms. The summed E-state index contributed by atoms with van der Waals surface area (Å²) in [5.41, 5.74) is 2.22. The van der Waals surface area contributed by atoms with E-state index in [4.69, 9.17) is 19.6 Å². The van der Waals surface area contributed by atoms with Gasteiger partial charge in [0.05, 0.1) is 13.2 Å². The van der Waals surface area contributed by atoms with Gasteiger partial charge in [0.15, 0.2) is 11.5 Å². The molecule has 128 valence electrons. The number of hydrogen-bond donors (Lipinski definition) is 2. The zero-order valence-corrected chi connectivity index (χ0v) is 13.9. The molecular weight excluding hydrogens is 324 g/mol. The highest BCUT2D eigenvalue weighted by Gasteiger charge is 2.40. The van der Waals surface area contributed by atoms with Crippen molar-refractivity contribution in [3.8, 4) is 23.4 Å². The van der Waals surface area contributed by atoms with Gasteiger partial charge in [-0.15, -0.1) is 5.10 Å². The van der Waals surface area contributed by atoms with Crippen LogP contribution in [0.4, 0.5) is 0 Å². The predicted molar refractivity (Wildman–Crippen MR) is 86.9 cm³/mol. The molecule has 2 aromatic rings. The number of fused-ring (bicyclic) bond motifs is 1. The highest BCUT2D eigenvalue weighted by molar-refractivity contribution is 5.85. The smallest absolute Gasteiger partial charge is 0.308 e. The van der Waals surface area contributed by atoms with Crippen molar-refractivity contribution in [2.24, 2.45) is 5.92 Å². The van der Waals surface area contributed by atoms with Crippen molar-refractivity contribution >= 4 is 11.9 Å². The van der Waals surface area contributed by atoms with Gasteiger partial charge in [0, 0.05) is 24.1 Å². The third kappa shape index (κ3) is 2.80. The van der Waals surface area contributed by atoms with E-state index in [0.29, 0.717) is 17.4 Å². The van der Waals surface area contributed by atoms with Crippen molar-refractivity contribution in [2.75, 3.05) is 7.11 Å². The van der Waals surface area contributed by atoms with E-state index in [0.717, 1.165) is 16.8 Å². The number of benzene rings is 1. The van der Waals surface area contributed by atoms with Gasteiger partial charge in [-0.25, -0.2) is 0 Å². The van der Waals surface area contributed by atoms with Crippen LogP contribution in [0.25, 0.3) is 0 Å². The largest absolute Gasteiger partial charge is 0.493 e. The van der Waals surface area contributed by atoms with E-state index in [-0.39, 0.29) is 5.90 Å². The van der Waals surface area contributed by atoms with Gasteiger partial charge in [0.1, 0.15) is 5.92 Å². The first-order chi connectivity index (χ1) is 12.0. The van der Waals surface area contributed by atoms with Crippen molar-refractivity contribution in [1.82, 2.24) is 10.2 Å². The number of esters is 1. The van der Waals surface area contributed by atoms with Crippen molar-refractivity contribution in [2.45, 2.75) is 19.8 Å². The minimum atomic E-state index is -0.798. The average Bonchev–Trinajstić information content (AvgIpc) is 2.94. The molecule has 25 heavy (non-hydrogen) atoms. The fourth-order valence-electron chi connectivity index (χ4n) is 2.95. The Balaban J connectivity index is 2.13. The van der Waals surface area contributed by atoms with Crippen molar-refractivity contribution in [3.63, 3.8) is 0 Å². The first-order valence-electron chi connectivity index (χ1n) is 7.53. The lowest BCUT2D eigenvalue weighted by atomic mass is 9.79. The minimum absolute atomic E-state index is 0.158. The zero-order chi connectivity index (χ0) is 18.1. The summed E-state index contributed by atoms with van der Waals surface area (Å²) in [5.74, 6) is -0.907. The van der Waals surface area contributed by atoms with E-state index in [9.17, 15) is 10.1 Å². The maximum absolute atomic E-state index is 11.2. The van der Waals surface area contributed by atoms with E-state index >= 15 is 0 Å². The summed E-state index contributed by atoms with van der Waals surface area (Å²) in [5, 5.41) is 24.4. The monoisotopic (exact) mass is 340 g/mol. The van der Waals surface area contributed by atoms with Crippen molar-refractivity contribution in [3.05, 3.63) is 35.0 Å². The minimum Gasteiger partial charge on any atom is -0.493 e. The number of H-pyrrole nitrogens is 1. The van der Waals surface area contributed by atoms with Crippen molar-refractivity contribution < 1.29 is 19.0 Å². The van der Waals surface area contributed by atoms with Gasteiger partial charge in [-0.05, 0) is 24.6 Å². The second kappa shape index (κ2) is 6.28. The van der Waals surface area contributed by atoms with E-state index in [2.05, 4.69) is 16.3 Å². The summed E-state index contributed by atoms with van der Waals surface area (Å²) in [4.78, 5) is 11.2. The zero-order valence-electron chi connectivity index (χ0n) is 13.9. The number of carbonyl (C=O) groups is 1. The normalized spacial score (nSPS) is 18.7. The topological polar surface area (TPSA) is 121 Å². The SMILES string of the molecule is COc1cc(C2c3c(n[nH]c3C)OC(=N)C2C#N)ccc1OC(C)=O. The Morgan fingerprint density at radius 1 is 1.44 bits per heavy atom. The number of carbonyl (C=O) groups excluding carboxylic acids is 1. The maximum Gasteiger partial charge on any atom is 0.308 e. The molecule has 1 aromatic carbocycles. The molecule has 0 fully saturated rings. The Morgan fingerprint density at radius 3 is 2.84 bits per heavy atom. The van der Waals surface area contributed by atoms with Crippen LogP contribution in [0.5, 0.6) is 17.4 Å². The number of hydrogen-bond acceptors (Lipinski definition) is 7. The van der Waals surface area contributed by atoms with Crippen LogP contribution in [-0.4, -0.2) is 29.2 Å².